The topological polar surface area (TPSA) is 44.8 Å². The molecule has 36 heavy (non-hydrogen) atoms. The van der Waals surface area contributed by atoms with Crippen LogP contribution in [-0.2, 0) is 6.54 Å². The van der Waals surface area contributed by atoms with Crippen molar-refractivity contribution < 1.29 is 9.53 Å². The van der Waals surface area contributed by atoms with Gasteiger partial charge in [0.05, 0.1) is 7.11 Å². The number of hydrogen-bond donors (Lipinski definition) is 1. The number of benzene rings is 3. The molecule has 5 heteroatoms. The van der Waals surface area contributed by atoms with Crippen molar-refractivity contribution in [2.75, 3.05) is 53.7 Å². The van der Waals surface area contributed by atoms with Crippen molar-refractivity contribution in [3.63, 3.8) is 0 Å². The Morgan fingerprint density at radius 1 is 0.972 bits per heavy atom. The summed E-state index contributed by atoms with van der Waals surface area (Å²) in [6.07, 6.45) is 4.61. The second-order valence-corrected chi connectivity index (χ2v) is 9.70. The van der Waals surface area contributed by atoms with Gasteiger partial charge in [-0.05, 0) is 112 Å². The Labute approximate surface area is 216 Å². The summed E-state index contributed by atoms with van der Waals surface area (Å²) in [7, 11) is 9.88. The van der Waals surface area contributed by atoms with Gasteiger partial charge < -0.3 is 19.9 Å². The Morgan fingerprint density at radius 3 is 2.44 bits per heavy atom. The van der Waals surface area contributed by atoms with E-state index in [-0.39, 0.29) is 5.78 Å². The quantitative estimate of drug-likeness (QED) is 0.194. The normalized spacial score (nSPS) is 11.4. The molecule has 0 unspecified atom stereocenters. The van der Waals surface area contributed by atoms with Gasteiger partial charge in [-0.15, -0.1) is 0 Å². The van der Waals surface area contributed by atoms with Gasteiger partial charge in [0.15, 0.2) is 5.78 Å². The average molecular weight is 486 g/mol. The summed E-state index contributed by atoms with van der Waals surface area (Å²) in [5.41, 5.74) is 7.11. The van der Waals surface area contributed by atoms with Gasteiger partial charge in [-0.2, -0.15) is 0 Å². The maximum absolute atomic E-state index is 13.4. The Balaban J connectivity index is 1.91. The van der Waals surface area contributed by atoms with Crippen molar-refractivity contribution in [1.82, 2.24) is 9.80 Å². The molecule has 0 aliphatic heterocycles. The molecule has 3 aromatic rings. The van der Waals surface area contributed by atoms with Crippen LogP contribution in [0.2, 0.25) is 0 Å². The van der Waals surface area contributed by atoms with E-state index in [9.17, 15) is 4.79 Å². The van der Waals surface area contributed by atoms with Gasteiger partial charge in [0.2, 0.25) is 0 Å². The molecule has 1 N–H and O–H groups in total. The van der Waals surface area contributed by atoms with Crippen LogP contribution in [0.25, 0.3) is 17.2 Å². The minimum Gasteiger partial charge on any atom is -0.497 e. The lowest BCUT2D eigenvalue weighted by molar-refractivity contribution is 0.104. The molecule has 0 aromatic heterocycles. The molecule has 0 spiro atoms. The number of hydrogen-bond acceptors (Lipinski definition) is 5. The van der Waals surface area contributed by atoms with E-state index in [4.69, 9.17) is 4.74 Å². The maximum Gasteiger partial charge on any atom is 0.185 e. The van der Waals surface area contributed by atoms with Gasteiger partial charge >= 0.3 is 0 Å². The van der Waals surface area contributed by atoms with Gasteiger partial charge in [-0.25, -0.2) is 0 Å². The number of nitrogens with one attached hydrogen (secondary N) is 1. The highest BCUT2D eigenvalue weighted by atomic mass is 16.5. The lowest BCUT2D eigenvalue weighted by Gasteiger charge is -2.14. The summed E-state index contributed by atoms with van der Waals surface area (Å²) < 4.78 is 5.40. The van der Waals surface area contributed by atoms with Crippen molar-refractivity contribution >= 4 is 17.5 Å². The zero-order valence-electron chi connectivity index (χ0n) is 22.5. The highest BCUT2D eigenvalue weighted by Gasteiger charge is 2.11. The van der Waals surface area contributed by atoms with Crippen molar-refractivity contribution in [3.8, 4) is 16.9 Å². The third-order valence-electron chi connectivity index (χ3n) is 6.04. The van der Waals surface area contributed by atoms with E-state index in [1.807, 2.05) is 62.6 Å². The predicted octanol–water partition coefficient (Wildman–Crippen LogP) is 5.99. The molecule has 190 valence electrons. The zero-order valence-corrected chi connectivity index (χ0v) is 22.5. The number of rotatable bonds is 12. The van der Waals surface area contributed by atoms with Crippen LogP contribution in [0.1, 0.15) is 33.5 Å². The van der Waals surface area contributed by atoms with Crippen LogP contribution in [0.3, 0.4) is 0 Å². The SMILES string of the molecule is COc1ccc(C=CC(=O)c2cc(NCCCN(C)C)cc(-c3ccccc3C)c2)c(CN(C)C)c1. The zero-order chi connectivity index (χ0) is 26.1. The molecule has 0 aliphatic carbocycles. The van der Waals surface area contributed by atoms with Crippen LogP contribution >= 0.6 is 0 Å². The largest absolute Gasteiger partial charge is 0.497 e. The van der Waals surface area contributed by atoms with E-state index in [2.05, 4.69) is 54.3 Å². The molecule has 0 amide bonds. The first kappa shape index (κ1) is 27.2. The molecule has 3 aromatic carbocycles. The van der Waals surface area contributed by atoms with E-state index in [1.165, 1.54) is 5.56 Å². The van der Waals surface area contributed by atoms with Gasteiger partial charge in [-0.1, -0.05) is 36.4 Å². The Morgan fingerprint density at radius 2 is 1.75 bits per heavy atom. The average Bonchev–Trinajstić information content (AvgIpc) is 2.85. The number of methoxy groups -OCH3 is 1. The van der Waals surface area contributed by atoms with Crippen LogP contribution in [0.15, 0.2) is 66.7 Å². The van der Waals surface area contributed by atoms with E-state index >= 15 is 0 Å². The maximum atomic E-state index is 13.4. The van der Waals surface area contributed by atoms with Gasteiger partial charge in [-0.3, -0.25) is 4.79 Å². The molecule has 3 rings (SSSR count). The smallest absolute Gasteiger partial charge is 0.185 e. The molecule has 0 atom stereocenters. The molecule has 0 bridgehead atoms. The third-order valence-corrected chi connectivity index (χ3v) is 6.04. The lowest BCUT2D eigenvalue weighted by Crippen LogP contribution is -2.16. The molecule has 5 nitrogen and oxygen atoms in total. The Hall–Kier alpha value is -3.41. The third kappa shape index (κ3) is 7.80. The van der Waals surface area contributed by atoms with Gasteiger partial charge in [0.25, 0.3) is 0 Å². The molecule has 0 fully saturated rings. The van der Waals surface area contributed by atoms with Crippen LogP contribution in [0, 0.1) is 6.92 Å². The number of carbonyl (C=O) groups is 1. The van der Waals surface area contributed by atoms with Gasteiger partial charge in [0.1, 0.15) is 5.75 Å². The number of anilines is 1. The minimum absolute atomic E-state index is 0.0200. The summed E-state index contributed by atoms with van der Waals surface area (Å²) in [4.78, 5) is 17.6. The summed E-state index contributed by atoms with van der Waals surface area (Å²) >= 11 is 0. The molecule has 0 heterocycles. The second kappa shape index (κ2) is 13.1. The number of ether oxygens (including phenoxy) is 1. The fourth-order valence-corrected chi connectivity index (χ4v) is 4.16. The van der Waals surface area contributed by atoms with Crippen LogP contribution in [0.5, 0.6) is 5.75 Å². The summed E-state index contributed by atoms with van der Waals surface area (Å²) in [6, 6.07) is 20.3. The van der Waals surface area contributed by atoms with Gasteiger partial charge in [0, 0.05) is 24.3 Å². The highest BCUT2D eigenvalue weighted by Crippen LogP contribution is 2.28. The minimum atomic E-state index is -0.0200. The molecule has 0 aliphatic rings. The molecule has 0 saturated carbocycles. The molecular weight excluding hydrogens is 446 g/mol. The van der Waals surface area contributed by atoms with Crippen LogP contribution < -0.4 is 10.1 Å². The van der Waals surface area contributed by atoms with E-state index in [1.54, 1.807) is 13.2 Å². The first-order valence-corrected chi connectivity index (χ1v) is 12.4. The summed E-state index contributed by atoms with van der Waals surface area (Å²) in [5, 5.41) is 3.52. The number of allylic oxidation sites excluding steroid dienone is 1. The van der Waals surface area contributed by atoms with E-state index in [0.717, 1.165) is 59.7 Å². The van der Waals surface area contributed by atoms with Crippen molar-refractivity contribution in [3.05, 3.63) is 89.0 Å². The van der Waals surface area contributed by atoms with Crippen molar-refractivity contribution in [2.24, 2.45) is 0 Å². The lowest BCUT2D eigenvalue weighted by atomic mass is 9.96. The first-order chi connectivity index (χ1) is 17.3. The molecular formula is C31H39N3O2. The number of carbonyl (C=O) groups excluding carboxylic acids is 1. The van der Waals surface area contributed by atoms with E-state index in [0.29, 0.717) is 5.56 Å². The monoisotopic (exact) mass is 485 g/mol. The van der Waals surface area contributed by atoms with Crippen LogP contribution in [-0.4, -0.2) is 64.0 Å². The number of aryl methyl sites for hydroxylation is 1. The standard InChI is InChI=1S/C31H39N3O2/c1-23-10-7-8-11-30(23)25-18-26(20-28(19-25)32-16-9-17-33(2)3)31(35)15-13-24-12-14-29(36-6)21-27(24)22-34(4)5/h7-8,10-15,18-21,32H,9,16-17,22H2,1-6H3. The summed E-state index contributed by atoms with van der Waals surface area (Å²) in [5.74, 6) is 0.791. The first-order valence-electron chi connectivity index (χ1n) is 12.4. The Kier molecular flexibility index (Phi) is 9.86. The fraction of sp³-hybridized carbons (Fsp3) is 0.323. The number of ketones is 1. The Bertz CT molecular complexity index is 1200. The second-order valence-electron chi connectivity index (χ2n) is 9.70. The highest BCUT2D eigenvalue weighted by molar-refractivity contribution is 6.08. The predicted molar refractivity (Wildman–Crippen MR) is 152 cm³/mol. The molecule has 0 radical (unpaired) electrons. The van der Waals surface area contributed by atoms with Crippen LogP contribution in [0.4, 0.5) is 5.69 Å². The number of nitrogens with zero attached hydrogens (tertiary/aromatic N) is 2. The fourth-order valence-electron chi connectivity index (χ4n) is 4.16. The summed E-state index contributed by atoms with van der Waals surface area (Å²) in [6.45, 7) is 4.72. The molecule has 0 saturated heterocycles. The van der Waals surface area contributed by atoms with E-state index < -0.39 is 0 Å². The van der Waals surface area contributed by atoms with Crippen molar-refractivity contribution in [1.29, 1.82) is 0 Å². The van der Waals surface area contributed by atoms with Crippen molar-refractivity contribution in [2.45, 2.75) is 19.9 Å².